The Morgan fingerprint density at radius 2 is 1.57 bits per heavy atom. The number of aliphatic hydroxyl groups is 8. The van der Waals surface area contributed by atoms with Crippen LogP contribution in [-0.4, -0.2) is 139 Å². The highest BCUT2D eigenvalue weighted by Crippen LogP contribution is 2.78. The van der Waals surface area contributed by atoms with Crippen molar-refractivity contribution >= 4 is 11.9 Å². The first-order chi connectivity index (χ1) is 21.7. The van der Waals surface area contributed by atoms with Crippen LogP contribution >= 0.6 is 0 Å². The maximum Gasteiger partial charge on any atom is 0.316 e. The zero-order valence-corrected chi connectivity index (χ0v) is 25.3. The third kappa shape index (κ3) is 4.11. The van der Waals surface area contributed by atoms with Crippen LogP contribution in [0.4, 0.5) is 0 Å². The van der Waals surface area contributed by atoms with E-state index in [1.165, 1.54) is 0 Å². The molecule has 3 aliphatic heterocycles. The van der Waals surface area contributed by atoms with E-state index in [2.05, 4.69) is 6.58 Å². The van der Waals surface area contributed by atoms with Crippen LogP contribution in [-0.2, 0) is 33.3 Å². The third-order valence-corrected chi connectivity index (χ3v) is 12.2. The quantitative estimate of drug-likeness (QED) is 0.106. The number of rotatable bonds is 6. The Morgan fingerprint density at radius 3 is 2.20 bits per heavy atom. The van der Waals surface area contributed by atoms with E-state index < -0.39 is 120 Å². The third-order valence-electron chi connectivity index (χ3n) is 12.2. The predicted octanol–water partition coefficient (Wildman–Crippen LogP) is -2.86. The lowest BCUT2D eigenvalue weighted by atomic mass is 9.62. The van der Waals surface area contributed by atoms with Crippen LogP contribution in [0.1, 0.15) is 39.0 Å². The van der Waals surface area contributed by atoms with Gasteiger partial charge in [0.1, 0.15) is 54.4 Å². The second-order valence-electron chi connectivity index (χ2n) is 14.4. The van der Waals surface area contributed by atoms with Crippen molar-refractivity contribution in [2.24, 2.45) is 28.6 Å². The summed E-state index contributed by atoms with van der Waals surface area (Å²) < 4.78 is 29.6. The first-order valence-corrected chi connectivity index (χ1v) is 15.8. The molecule has 3 saturated heterocycles. The number of carbonyl (C=O) groups excluding carboxylic acids is 2. The summed E-state index contributed by atoms with van der Waals surface area (Å²) in [7, 11) is 0. The maximum atomic E-state index is 14.5. The zero-order chi connectivity index (χ0) is 33.1. The van der Waals surface area contributed by atoms with Gasteiger partial charge in [0.25, 0.3) is 0 Å². The average molecular weight is 655 g/mol. The second-order valence-corrected chi connectivity index (χ2v) is 14.4. The van der Waals surface area contributed by atoms with Crippen molar-refractivity contribution in [3.05, 3.63) is 24.3 Å². The largest absolute Gasteiger partial charge is 0.457 e. The molecule has 0 amide bonds. The highest BCUT2D eigenvalue weighted by atomic mass is 16.7. The van der Waals surface area contributed by atoms with E-state index in [1.54, 1.807) is 13.0 Å². The molecule has 0 aromatic carbocycles. The van der Waals surface area contributed by atoms with E-state index in [1.807, 2.05) is 6.08 Å². The molecule has 256 valence electrons. The molecule has 6 fully saturated rings. The van der Waals surface area contributed by atoms with Crippen LogP contribution in [0.3, 0.4) is 0 Å². The van der Waals surface area contributed by atoms with Crippen molar-refractivity contribution in [3.8, 4) is 0 Å². The summed E-state index contributed by atoms with van der Waals surface area (Å²) in [6.07, 6.45) is -10.7. The fourth-order valence-corrected chi connectivity index (χ4v) is 10.1. The summed E-state index contributed by atoms with van der Waals surface area (Å²) in [5.41, 5.74) is -3.83. The number of fused-ring (bicyclic) bond motifs is 1. The Labute approximate surface area is 264 Å². The van der Waals surface area contributed by atoms with Gasteiger partial charge in [0.05, 0.1) is 30.1 Å². The Bertz CT molecular complexity index is 1320. The van der Waals surface area contributed by atoms with Crippen LogP contribution < -0.4 is 0 Å². The van der Waals surface area contributed by atoms with Gasteiger partial charge in [-0.25, -0.2) is 0 Å². The van der Waals surface area contributed by atoms with Crippen molar-refractivity contribution in [1.29, 1.82) is 0 Å². The average Bonchev–Trinajstić information content (AvgIpc) is 3.44. The molecule has 7 rings (SSSR count). The molecule has 8 N–H and O–H groups in total. The fraction of sp³-hybridized carbons (Fsp3) is 0.806. The van der Waals surface area contributed by atoms with Gasteiger partial charge >= 0.3 is 11.9 Å². The van der Waals surface area contributed by atoms with Crippen molar-refractivity contribution in [3.63, 3.8) is 0 Å². The first-order valence-electron chi connectivity index (χ1n) is 15.8. The summed E-state index contributed by atoms with van der Waals surface area (Å²) in [4.78, 5) is 27.9. The maximum absolute atomic E-state index is 14.5. The standard InChI is InChI=1S/C31H42O15/c1-12-8-29-11-30(12,45-26-22(39)20(37)18(35)14(10-33)43-26)7-4-15(29)31-6-3-5-28(2,27(41)46-31)23(31)16(29)24(40)44-25-21(38)19(36)17(34)13(9-32)42-25/h3,5,13-23,25-26,32-39H,1,4,6-11H2,2H3/t13-,14-,15-,16-,17-,18-,19+,20+,21-,22-,23-,25+,26+,28-,29+,30+,31-/m1/s1. The summed E-state index contributed by atoms with van der Waals surface area (Å²) in [5, 5.41) is 82.1. The Kier molecular flexibility index (Phi) is 7.59. The molecule has 4 bridgehead atoms. The molecule has 1 spiro atoms. The Morgan fingerprint density at radius 1 is 0.957 bits per heavy atom. The van der Waals surface area contributed by atoms with Gasteiger partial charge in [-0.3, -0.25) is 9.59 Å². The van der Waals surface area contributed by atoms with E-state index in [4.69, 9.17) is 23.7 Å². The van der Waals surface area contributed by atoms with Gasteiger partial charge < -0.3 is 64.5 Å². The monoisotopic (exact) mass is 654 g/mol. The number of carbonyl (C=O) groups is 2. The minimum Gasteiger partial charge on any atom is -0.457 e. The molecule has 4 aliphatic carbocycles. The number of aliphatic hydroxyl groups excluding tert-OH is 8. The molecule has 0 aromatic heterocycles. The van der Waals surface area contributed by atoms with Crippen LogP contribution in [0.15, 0.2) is 24.3 Å². The molecule has 0 radical (unpaired) electrons. The van der Waals surface area contributed by atoms with Gasteiger partial charge in [-0.15, -0.1) is 0 Å². The number of hydrogen-bond acceptors (Lipinski definition) is 15. The molecular formula is C31H42O15. The van der Waals surface area contributed by atoms with E-state index in [-0.39, 0.29) is 18.8 Å². The second kappa shape index (κ2) is 10.7. The van der Waals surface area contributed by atoms with Crippen LogP contribution in [0.25, 0.3) is 0 Å². The summed E-state index contributed by atoms with van der Waals surface area (Å²) in [5.74, 6) is -3.41. The molecule has 0 unspecified atom stereocenters. The molecular weight excluding hydrogens is 612 g/mol. The molecule has 3 saturated carbocycles. The topological polar surface area (TPSA) is 242 Å². The highest BCUT2D eigenvalue weighted by molar-refractivity contribution is 5.87. The summed E-state index contributed by atoms with van der Waals surface area (Å²) in [6, 6.07) is 0. The smallest absolute Gasteiger partial charge is 0.316 e. The molecule has 46 heavy (non-hydrogen) atoms. The van der Waals surface area contributed by atoms with Crippen molar-refractivity contribution < 1.29 is 74.1 Å². The summed E-state index contributed by atoms with van der Waals surface area (Å²) >= 11 is 0. The van der Waals surface area contributed by atoms with Gasteiger partial charge in [-0.05, 0) is 43.6 Å². The molecule has 0 aromatic rings. The molecule has 3 heterocycles. The molecule has 15 heteroatoms. The van der Waals surface area contributed by atoms with Crippen molar-refractivity contribution in [2.45, 2.75) is 112 Å². The molecule has 17 atom stereocenters. The van der Waals surface area contributed by atoms with E-state index in [0.717, 1.165) is 0 Å². The lowest BCUT2D eigenvalue weighted by Gasteiger charge is -2.49. The normalized spacial score (nSPS) is 55.5. The highest BCUT2D eigenvalue weighted by Gasteiger charge is 2.83. The lowest BCUT2D eigenvalue weighted by molar-refractivity contribution is -0.326. The van der Waals surface area contributed by atoms with Gasteiger partial charge in [0.2, 0.25) is 6.29 Å². The predicted molar refractivity (Wildman–Crippen MR) is 149 cm³/mol. The number of hydrogen-bond donors (Lipinski definition) is 8. The Balaban J connectivity index is 1.25. The lowest BCUT2D eigenvalue weighted by Crippen LogP contribution is -2.61. The van der Waals surface area contributed by atoms with E-state index in [0.29, 0.717) is 24.8 Å². The van der Waals surface area contributed by atoms with Crippen LogP contribution in [0.5, 0.6) is 0 Å². The van der Waals surface area contributed by atoms with Crippen LogP contribution in [0.2, 0.25) is 0 Å². The minimum atomic E-state index is -1.83. The first kappa shape index (κ1) is 32.5. The van der Waals surface area contributed by atoms with Gasteiger partial charge in [0, 0.05) is 18.3 Å². The van der Waals surface area contributed by atoms with Crippen molar-refractivity contribution in [2.75, 3.05) is 13.2 Å². The van der Waals surface area contributed by atoms with Crippen molar-refractivity contribution in [1.82, 2.24) is 0 Å². The van der Waals surface area contributed by atoms with Gasteiger partial charge in [-0.1, -0.05) is 18.7 Å². The SMILES string of the molecule is C=C1C[C@]23C[C@@]1(O[C@@H]1O[C@H](CO)[C@@H](O)[C@H](O)[C@H]1O)CC[C@H]2[C@@]12CC=C[C@@](C)(C(=O)O1)[C@H]2[C@@H]3C(=O)O[C@@H]1O[C@H](CO)[C@@H](O)[C@H](O)[C@H]1O. The molecule has 15 nitrogen and oxygen atoms in total. The molecule has 7 aliphatic rings. The zero-order valence-electron chi connectivity index (χ0n) is 25.3. The number of esters is 2. The van der Waals surface area contributed by atoms with E-state index in [9.17, 15) is 50.4 Å². The van der Waals surface area contributed by atoms with Crippen LogP contribution in [0, 0.1) is 28.6 Å². The van der Waals surface area contributed by atoms with Gasteiger partial charge in [-0.2, -0.15) is 0 Å². The van der Waals surface area contributed by atoms with E-state index >= 15 is 0 Å². The Hall–Kier alpha value is -2.02. The minimum absolute atomic E-state index is 0.166. The number of ether oxygens (including phenoxy) is 5. The fourth-order valence-electron chi connectivity index (χ4n) is 10.1. The summed E-state index contributed by atoms with van der Waals surface area (Å²) in [6.45, 7) is 4.65. The van der Waals surface area contributed by atoms with Gasteiger partial charge in [0.15, 0.2) is 6.29 Å².